The van der Waals surface area contributed by atoms with Crippen LogP contribution in [0.5, 0.6) is 0 Å². The number of para-hydroxylation sites is 1. The van der Waals surface area contributed by atoms with Crippen LogP contribution in [0.1, 0.15) is 42.4 Å². The van der Waals surface area contributed by atoms with Gasteiger partial charge < -0.3 is 19.6 Å². The highest BCUT2D eigenvalue weighted by atomic mass is 15.2. The van der Waals surface area contributed by atoms with Crippen LogP contribution in [0.25, 0.3) is 59.9 Å². The number of hydrogen-bond acceptors (Lipinski definition) is 4. The van der Waals surface area contributed by atoms with Gasteiger partial charge in [-0.15, -0.1) is 0 Å². The Kier molecular flexibility index (Phi) is 10.1. The van der Waals surface area contributed by atoms with E-state index in [9.17, 15) is 0 Å². The molecule has 0 bridgehead atoms. The smallest absolute Gasteiger partial charge is 0.0572 e. The Hall–Kier alpha value is -8.86. The Labute approximate surface area is 432 Å². The molecule has 0 fully saturated rings. The second-order valence-corrected chi connectivity index (χ2v) is 20.6. The van der Waals surface area contributed by atoms with E-state index in [-0.39, 0.29) is 0 Å². The van der Waals surface area contributed by atoms with Crippen molar-refractivity contribution in [1.29, 1.82) is 0 Å². The van der Waals surface area contributed by atoms with Crippen molar-refractivity contribution in [3.05, 3.63) is 252 Å². The van der Waals surface area contributed by atoms with Crippen molar-refractivity contribution in [3.63, 3.8) is 0 Å². The van der Waals surface area contributed by atoms with Gasteiger partial charge in [0.1, 0.15) is 0 Å². The largest absolute Gasteiger partial charge is 0.340 e. The van der Waals surface area contributed by atoms with Gasteiger partial charge >= 0.3 is 0 Å². The maximum Gasteiger partial charge on any atom is 0.0572 e. The maximum atomic E-state index is 2.68. The lowest BCUT2D eigenvalue weighted by atomic mass is 9.94. The minimum Gasteiger partial charge on any atom is -0.340 e. The Morgan fingerprint density at radius 1 is 0.324 bits per heavy atom. The molecule has 0 spiro atoms. The highest BCUT2D eigenvalue weighted by Crippen LogP contribution is 2.53. The summed E-state index contributed by atoms with van der Waals surface area (Å²) in [6.45, 7) is 1.85. The molecule has 0 radical (unpaired) electrons. The number of aryl methyl sites for hydroxylation is 1. The predicted octanol–water partition coefficient (Wildman–Crippen LogP) is 18.9. The molecule has 0 saturated heterocycles. The highest BCUT2D eigenvalue weighted by Gasteiger charge is 2.32. The van der Waals surface area contributed by atoms with Crippen LogP contribution in [0.3, 0.4) is 0 Å². The van der Waals surface area contributed by atoms with E-state index in [4.69, 9.17) is 0 Å². The Balaban J connectivity index is 1.02. The first-order chi connectivity index (χ1) is 36.7. The summed E-state index contributed by atoms with van der Waals surface area (Å²) < 4.78 is 0. The van der Waals surface area contributed by atoms with Crippen molar-refractivity contribution in [3.8, 4) is 0 Å². The van der Waals surface area contributed by atoms with Gasteiger partial charge in [-0.05, 0) is 178 Å². The zero-order chi connectivity index (χ0) is 48.7. The predicted molar refractivity (Wildman–Crippen MR) is 315 cm³/mol. The molecule has 4 nitrogen and oxygen atoms in total. The zero-order valence-electron chi connectivity index (χ0n) is 41.4. The molecule has 2 aliphatic carbocycles. The van der Waals surface area contributed by atoms with Gasteiger partial charge in [0.15, 0.2) is 0 Å². The van der Waals surface area contributed by atoms with Crippen molar-refractivity contribution in [1.82, 2.24) is 0 Å². The molecule has 2 aliphatic heterocycles. The number of nitrogens with zero attached hydrogens (tertiary/aromatic N) is 4. The number of fused-ring (bicyclic) bond motifs is 7. The van der Waals surface area contributed by atoms with E-state index in [0.717, 1.165) is 80.1 Å². The Bertz CT molecular complexity index is 4120. The Morgan fingerprint density at radius 2 is 0.797 bits per heavy atom. The molecule has 0 amide bonds. The third kappa shape index (κ3) is 7.11. The minimum atomic E-state index is 0.906. The molecule has 11 aromatic rings. The van der Waals surface area contributed by atoms with Gasteiger partial charge in [0.2, 0.25) is 0 Å². The number of hydrogen-bond donors (Lipinski definition) is 0. The van der Waals surface area contributed by atoms with Crippen molar-refractivity contribution < 1.29 is 0 Å². The van der Waals surface area contributed by atoms with E-state index < -0.39 is 0 Å². The second-order valence-electron chi connectivity index (χ2n) is 20.6. The minimum absolute atomic E-state index is 0.906. The fourth-order valence-corrected chi connectivity index (χ4v) is 12.8. The second kappa shape index (κ2) is 17.4. The quantitative estimate of drug-likeness (QED) is 0.141. The van der Waals surface area contributed by atoms with Crippen LogP contribution in [0.15, 0.2) is 236 Å². The number of rotatable bonds is 8. The molecule has 0 saturated carbocycles. The fraction of sp³-hybridized carbons (Fsp3) is 0.114. The molecule has 0 atom stereocenters. The molecule has 11 aromatic carbocycles. The van der Waals surface area contributed by atoms with Crippen molar-refractivity contribution >= 4 is 111 Å². The zero-order valence-corrected chi connectivity index (χ0v) is 41.4. The molecule has 2 heterocycles. The summed E-state index contributed by atoms with van der Waals surface area (Å²) in [6, 6.07) is 77.9. The first kappa shape index (κ1) is 42.8. The van der Waals surface area contributed by atoms with Gasteiger partial charge in [-0.2, -0.15) is 0 Å². The van der Waals surface area contributed by atoms with Gasteiger partial charge in [0, 0.05) is 80.1 Å². The van der Waals surface area contributed by atoms with Gasteiger partial charge in [-0.25, -0.2) is 0 Å². The lowest BCUT2D eigenvalue weighted by Gasteiger charge is -2.33. The molecular formula is C70H54N4. The average molecular weight is 951 g/mol. The average Bonchev–Trinajstić information content (AvgIpc) is 4.09. The van der Waals surface area contributed by atoms with Gasteiger partial charge in [-0.1, -0.05) is 146 Å². The van der Waals surface area contributed by atoms with Crippen LogP contribution >= 0.6 is 0 Å². The highest BCUT2D eigenvalue weighted by molar-refractivity contribution is 6.23. The van der Waals surface area contributed by atoms with E-state index in [1.807, 2.05) is 0 Å². The molecule has 0 N–H and O–H groups in total. The summed E-state index contributed by atoms with van der Waals surface area (Å²) in [5, 5.41) is 12.4. The molecule has 0 aromatic heterocycles. The molecule has 354 valence electrons. The van der Waals surface area contributed by atoms with Crippen molar-refractivity contribution in [2.45, 2.75) is 38.5 Å². The van der Waals surface area contributed by atoms with E-state index in [0.29, 0.717) is 0 Å². The van der Waals surface area contributed by atoms with Crippen molar-refractivity contribution in [2.24, 2.45) is 0 Å². The standard InChI is InChI=1S/C70H54N4/c1-5-19-53-41-57(29-25-47(53)13-1)73(58-30-26-48-14-2-6-20-54(48)42-58)61-33-35-63-65(45-61)69(71-39-37-51-17-9-11-23-67(51)71)64-36-34-62(46-66(64)70(63)72-40-38-52-18-10-12-24-68(52)72)74(59-31-27-49-15-3-7-21-55(49)43-59)60-32-28-50-16-4-8-22-56(50)44-60/h1-7,10-16,18-21,23-36,41-46H,8-9,17,22,37-40H2. The van der Waals surface area contributed by atoms with E-state index in [1.165, 1.54) is 99.0 Å². The van der Waals surface area contributed by atoms with Crippen LogP contribution in [-0.4, -0.2) is 13.1 Å². The SMILES string of the molecule is C1=CC2=C(CC1)CCN2c1c2cc(N(c3ccc4ccccc4c3)c3ccc4ccccc4c3)ccc2c(N2CCc3ccccc32)c2cc(N(c3ccc4c(c3)CCC=C4)c3ccc4ccccc4c3)ccc12. The summed E-state index contributed by atoms with van der Waals surface area (Å²) >= 11 is 0. The summed E-state index contributed by atoms with van der Waals surface area (Å²) in [7, 11) is 0. The van der Waals surface area contributed by atoms with Crippen LogP contribution in [0, 0.1) is 0 Å². The van der Waals surface area contributed by atoms with Crippen LogP contribution < -0.4 is 19.6 Å². The molecule has 4 aliphatic rings. The van der Waals surface area contributed by atoms with Gasteiger partial charge in [0.25, 0.3) is 0 Å². The first-order valence-electron chi connectivity index (χ1n) is 26.6. The Morgan fingerprint density at radius 3 is 1.42 bits per heavy atom. The van der Waals surface area contributed by atoms with Gasteiger partial charge in [0.05, 0.1) is 11.4 Å². The van der Waals surface area contributed by atoms with Gasteiger partial charge in [-0.3, -0.25) is 0 Å². The van der Waals surface area contributed by atoms with E-state index in [2.05, 4.69) is 250 Å². The summed E-state index contributed by atoms with van der Waals surface area (Å²) in [6.07, 6.45) is 15.8. The van der Waals surface area contributed by atoms with Crippen LogP contribution in [-0.2, 0) is 12.8 Å². The molecule has 4 heteroatoms. The number of benzene rings is 11. The summed E-state index contributed by atoms with van der Waals surface area (Å²) in [5.74, 6) is 0. The topological polar surface area (TPSA) is 13.0 Å². The van der Waals surface area contributed by atoms with E-state index in [1.54, 1.807) is 5.57 Å². The molecule has 74 heavy (non-hydrogen) atoms. The van der Waals surface area contributed by atoms with E-state index >= 15 is 0 Å². The third-order valence-electron chi connectivity index (χ3n) is 16.4. The number of anilines is 9. The molecule has 0 unspecified atom stereocenters. The molecular weight excluding hydrogens is 897 g/mol. The lowest BCUT2D eigenvalue weighted by Crippen LogP contribution is -2.21. The summed E-state index contributed by atoms with van der Waals surface area (Å²) in [5.41, 5.74) is 17.8. The maximum absolute atomic E-state index is 2.68. The number of allylic oxidation sites excluding steroid dienone is 3. The first-order valence-corrected chi connectivity index (χ1v) is 26.6. The lowest BCUT2D eigenvalue weighted by molar-refractivity contribution is 0.899. The third-order valence-corrected chi connectivity index (χ3v) is 16.4. The van der Waals surface area contributed by atoms with Crippen LogP contribution in [0.2, 0.25) is 0 Å². The normalized spacial score (nSPS) is 14.9. The molecule has 15 rings (SSSR count). The van der Waals surface area contributed by atoms with Crippen molar-refractivity contribution in [2.75, 3.05) is 32.7 Å². The summed E-state index contributed by atoms with van der Waals surface area (Å²) in [4.78, 5) is 10.3. The van der Waals surface area contributed by atoms with Crippen LogP contribution in [0.4, 0.5) is 51.2 Å². The fourth-order valence-electron chi connectivity index (χ4n) is 12.8. The monoisotopic (exact) mass is 950 g/mol.